The molecule has 5 nitrogen and oxygen atoms in total. The fraction of sp³-hybridized carbons (Fsp3) is 0.130. The van der Waals surface area contributed by atoms with Crippen LogP contribution in [0, 0.1) is 0 Å². The Kier molecular flexibility index (Phi) is 5.72. The van der Waals surface area contributed by atoms with Gasteiger partial charge in [-0.25, -0.2) is 0 Å². The van der Waals surface area contributed by atoms with Gasteiger partial charge in [0.05, 0.1) is 32.0 Å². The fourth-order valence-corrected chi connectivity index (χ4v) is 3.78. The van der Waals surface area contributed by atoms with Gasteiger partial charge in [-0.15, -0.1) is 11.3 Å². The predicted octanol–water partition coefficient (Wildman–Crippen LogP) is 4.85. The molecule has 0 aliphatic carbocycles. The number of hydrogen-bond donors (Lipinski definition) is 0. The van der Waals surface area contributed by atoms with E-state index in [1.165, 1.54) is 0 Å². The molecule has 4 aromatic rings. The van der Waals surface area contributed by atoms with E-state index in [9.17, 15) is 4.79 Å². The van der Waals surface area contributed by atoms with E-state index in [1.54, 1.807) is 40.4 Å². The van der Waals surface area contributed by atoms with Crippen molar-refractivity contribution in [2.75, 3.05) is 12.0 Å². The summed E-state index contributed by atoms with van der Waals surface area (Å²) in [5.41, 5.74) is 2.52. The summed E-state index contributed by atoms with van der Waals surface area (Å²) in [5.74, 6) is 0.677. The van der Waals surface area contributed by atoms with Gasteiger partial charge in [-0.1, -0.05) is 36.4 Å². The van der Waals surface area contributed by atoms with Crippen LogP contribution >= 0.6 is 11.3 Å². The molecule has 0 aliphatic heterocycles. The zero-order valence-corrected chi connectivity index (χ0v) is 16.9. The largest absolute Gasteiger partial charge is 0.497 e. The maximum atomic E-state index is 13.3. The van der Waals surface area contributed by atoms with Crippen molar-refractivity contribution in [3.8, 4) is 5.75 Å². The molecule has 0 N–H and O–H groups in total. The molecule has 2 aromatic carbocycles. The maximum Gasteiger partial charge on any atom is 0.261 e. The molecule has 6 heteroatoms. The van der Waals surface area contributed by atoms with Gasteiger partial charge in [0.25, 0.3) is 5.91 Å². The molecular formula is C23H21N3O2S. The molecule has 0 unspecified atom stereocenters. The molecule has 0 spiro atoms. The minimum atomic E-state index is -0.0807. The van der Waals surface area contributed by atoms with Gasteiger partial charge in [0.15, 0.2) is 0 Å². The van der Waals surface area contributed by atoms with Crippen LogP contribution in [0.3, 0.4) is 0 Å². The van der Waals surface area contributed by atoms with Crippen LogP contribution in [0.4, 0.5) is 5.69 Å². The molecule has 146 valence electrons. The number of thiophene rings is 1. The molecular weight excluding hydrogens is 382 g/mol. The summed E-state index contributed by atoms with van der Waals surface area (Å²) in [4.78, 5) is 16.2. The van der Waals surface area contributed by atoms with Gasteiger partial charge >= 0.3 is 0 Å². The van der Waals surface area contributed by atoms with Crippen molar-refractivity contribution in [1.29, 1.82) is 0 Å². The third-order valence-corrected chi connectivity index (χ3v) is 5.45. The van der Waals surface area contributed by atoms with Crippen molar-refractivity contribution >= 4 is 22.9 Å². The quantitative estimate of drug-likeness (QED) is 0.443. The first-order chi connectivity index (χ1) is 14.2. The fourth-order valence-electron chi connectivity index (χ4n) is 3.09. The third-order valence-electron chi connectivity index (χ3n) is 4.59. The number of hydrogen-bond acceptors (Lipinski definition) is 4. The summed E-state index contributed by atoms with van der Waals surface area (Å²) in [7, 11) is 1.63. The van der Waals surface area contributed by atoms with Crippen molar-refractivity contribution in [2.45, 2.75) is 13.1 Å². The number of rotatable bonds is 7. The van der Waals surface area contributed by atoms with Crippen molar-refractivity contribution in [3.63, 3.8) is 0 Å². The molecule has 29 heavy (non-hydrogen) atoms. The average Bonchev–Trinajstić information content (AvgIpc) is 3.45. The average molecular weight is 404 g/mol. The minimum Gasteiger partial charge on any atom is -0.497 e. The smallest absolute Gasteiger partial charge is 0.261 e. The highest BCUT2D eigenvalue weighted by Crippen LogP contribution is 2.24. The lowest BCUT2D eigenvalue weighted by atomic mass is 10.2. The Bertz CT molecular complexity index is 1060. The van der Waals surface area contributed by atoms with Gasteiger partial charge in [0.1, 0.15) is 5.75 Å². The van der Waals surface area contributed by atoms with Gasteiger partial charge < -0.3 is 9.64 Å². The molecule has 2 aromatic heterocycles. The lowest BCUT2D eigenvalue weighted by Gasteiger charge is -2.22. The normalized spacial score (nSPS) is 10.7. The van der Waals surface area contributed by atoms with E-state index in [-0.39, 0.29) is 5.91 Å². The van der Waals surface area contributed by atoms with Crippen molar-refractivity contribution in [2.24, 2.45) is 0 Å². The van der Waals surface area contributed by atoms with E-state index in [1.807, 2.05) is 72.1 Å². The summed E-state index contributed by atoms with van der Waals surface area (Å²) in [5, 5.41) is 6.40. The van der Waals surface area contributed by atoms with Gasteiger partial charge in [0.2, 0.25) is 0 Å². The topological polar surface area (TPSA) is 47.4 Å². The second-order valence-corrected chi connectivity index (χ2v) is 7.61. The summed E-state index contributed by atoms with van der Waals surface area (Å²) in [6.07, 6.45) is 3.44. The van der Waals surface area contributed by atoms with Crippen LogP contribution in [0.15, 0.2) is 84.5 Å². The maximum absolute atomic E-state index is 13.3. The van der Waals surface area contributed by atoms with Gasteiger partial charge in [-0.05, 0) is 41.3 Å². The minimum absolute atomic E-state index is 0.0807. The first kappa shape index (κ1) is 19.0. The molecule has 1 amide bonds. The van der Waals surface area contributed by atoms with Crippen molar-refractivity contribution in [1.82, 2.24) is 9.78 Å². The Morgan fingerprint density at radius 3 is 2.55 bits per heavy atom. The van der Waals surface area contributed by atoms with Crippen LogP contribution in [0.5, 0.6) is 5.75 Å². The highest BCUT2D eigenvalue weighted by molar-refractivity contribution is 7.09. The number of ether oxygens (including phenoxy) is 1. The number of methoxy groups -OCH3 is 1. The number of aromatic nitrogens is 2. The lowest BCUT2D eigenvalue weighted by Crippen LogP contribution is -2.29. The molecule has 0 saturated heterocycles. The highest BCUT2D eigenvalue weighted by Gasteiger charge is 2.20. The molecule has 0 fully saturated rings. The Hall–Kier alpha value is -3.38. The van der Waals surface area contributed by atoms with E-state index in [2.05, 4.69) is 5.10 Å². The Balaban J connectivity index is 1.59. The van der Waals surface area contributed by atoms with Crippen LogP contribution < -0.4 is 9.64 Å². The first-order valence-corrected chi connectivity index (χ1v) is 10.2. The van der Waals surface area contributed by atoms with Crippen LogP contribution in [0.25, 0.3) is 0 Å². The molecule has 0 aliphatic rings. The van der Waals surface area contributed by atoms with Crippen LogP contribution in [-0.4, -0.2) is 22.8 Å². The van der Waals surface area contributed by atoms with Crippen LogP contribution in [0.1, 0.15) is 20.8 Å². The molecule has 2 heterocycles. The van der Waals surface area contributed by atoms with Crippen molar-refractivity contribution < 1.29 is 9.53 Å². The number of nitrogens with zero attached hydrogens (tertiary/aromatic N) is 3. The SMILES string of the molecule is COc1ccc(N(Cc2cccs2)C(=O)c2cnn(Cc3ccccc3)c2)cc1. The van der Waals surface area contributed by atoms with E-state index < -0.39 is 0 Å². The molecule has 0 bridgehead atoms. The predicted molar refractivity (Wildman–Crippen MR) is 116 cm³/mol. The zero-order valence-electron chi connectivity index (χ0n) is 16.1. The van der Waals surface area contributed by atoms with Gasteiger partial charge in [0, 0.05) is 16.8 Å². The number of carbonyl (C=O) groups is 1. The summed E-state index contributed by atoms with van der Waals surface area (Å²) >= 11 is 1.63. The first-order valence-electron chi connectivity index (χ1n) is 9.27. The Morgan fingerprint density at radius 2 is 1.86 bits per heavy atom. The molecule has 0 saturated carbocycles. The number of benzene rings is 2. The number of carbonyl (C=O) groups excluding carboxylic acids is 1. The standard InChI is InChI=1S/C23H21N3O2S/c1-28-21-11-9-20(10-12-21)26(17-22-8-5-13-29-22)23(27)19-14-24-25(16-19)15-18-6-3-2-4-7-18/h2-14,16H,15,17H2,1H3. The van der Waals surface area contributed by atoms with E-state index in [4.69, 9.17) is 4.74 Å². The molecule has 0 radical (unpaired) electrons. The Morgan fingerprint density at radius 1 is 1.07 bits per heavy atom. The highest BCUT2D eigenvalue weighted by atomic mass is 32.1. The van der Waals surface area contributed by atoms with Crippen LogP contribution in [-0.2, 0) is 13.1 Å². The third kappa shape index (κ3) is 4.55. The summed E-state index contributed by atoms with van der Waals surface area (Å²) < 4.78 is 7.04. The second kappa shape index (κ2) is 8.75. The van der Waals surface area contributed by atoms with Crippen molar-refractivity contribution in [3.05, 3.63) is 101 Å². The monoisotopic (exact) mass is 403 g/mol. The summed E-state index contributed by atoms with van der Waals surface area (Å²) in [6, 6.07) is 21.6. The van der Waals surface area contributed by atoms with E-state index in [0.29, 0.717) is 18.7 Å². The molecule has 0 atom stereocenters. The number of anilines is 1. The lowest BCUT2D eigenvalue weighted by molar-refractivity contribution is 0.0985. The van der Waals surface area contributed by atoms with Gasteiger partial charge in [-0.3, -0.25) is 9.48 Å². The second-order valence-electron chi connectivity index (χ2n) is 6.58. The Labute approximate surface area is 173 Å². The zero-order chi connectivity index (χ0) is 20.1. The molecule has 4 rings (SSSR count). The van der Waals surface area contributed by atoms with E-state index in [0.717, 1.165) is 21.9 Å². The van der Waals surface area contributed by atoms with Gasteiger partial charge in [-0.2, -0.15) is 5.10 Å². The number of amides is 1. The van der Waals surface area contributed by atoms with E-state index >= 15 is 0 Å². The van der Waals surface area contributed by atoms with Crippen LogP contribution in [0.2, 0.25) is 0 Å². The summed E-state index contributed by atoms with van der Waals surface area (Å²) in [6.45, 7) is 1.13.